The molecule has 1 N–H and O–H groups in total. The van der Waals surface area contributed by atoms with Crippen LogP contribution in [0.15, 0.2) is 23.7 Å². The largest absolute Gasteiger partial charge is 0.467 e. The van der Waals surface area contributed by atoms with Crippen LogP contribution in [0.2, 0.25) is 0 Å². The Kier molecular flexibility index (Phi) is 4.90. The van der Waals surface area contributed by atoms with Gasteiger partial charge in [0, 0.05) is 5.56 Å². The van der Waals surface area contributed by atoms with Crippen LogP contribution in [0.3, 0.4) is 0 Å². The number of ether oxygens (including phenoxy) is 1. The molecule has 21 heavy (non-hydrogen) atoms. The van der Waals surface area contributed by atoms with Crippen LogP contribution < -0.4 is 5.32 Å². The molecule has 1 atom stereocenters. The monoisotopic (exact) mass is 306 g/mol. The van der Waals surface area contributed by atoms with Gasteiger partial charge < -0.3 is 10.1 Å². The molecule has 0 spiro atoms. The van der Waals surface area contributed by atoms with Crippen LogP contribution >= 0.6 is 11.3 Å². The fraction of sp³-hybridized carbons (Fsp3) is 0.400. The zero-order valence-corrected chi connectivity index (χ0v) is 13.1. The number of esters is 1. The lowest BCUT2D eigenvalue weighted by molar-refractivity contribution is -0.143. The molecular weight excluding hydrogens is 288 g/mol. The van der Waals surface area contributed by atoms with Gasteiger partial charge in [-0.05, 0) is 30.5 Å². The number of benzene rings is 1. The Bertz CT molecular complexity index is 651. The average molecular weight is 306 g/mol. The van der Waals surface area contributed by atoms with Crippen LogP contribution in [0.4, 0.5) is 0 Å². The standard InChI is InChI=1S/C15H18N2O3S/c1-9(2)6-12(15(19)20-3)17-14(18)10-4-5-11-13(7-10)21-8-16-11/h4-5,7-9,12H,6H2,1-3H3,(H,17,18). The number of thiazole rings is 1. The van der Waals surface area contributed by atoms with E-state index in [-0.39, 0.29) is 11.8 Å². The maximum Gasteiger partial charge on any atom is 0.328 e. The van der Waals surface area contributed by atoms with Gasteiger partial charge in [0.1, 0.15) is 6.04 Å². The normalized spacial score (nSPS) is 12.4. The Labute approximate surface area is 127 Å². The summed E-state index contributed by atoms with van der Waals surface area (Å²) in [5.74, 6) is -0.421. The predicted molar refractivity (Wildman–Crippen MR) is 82.3 cm³/mol. The van der Waals surface area contributed by atoms with E-state index in [4.69, 9.17) is 4.74 Å². The molecule has 0 saturated carbocycles. The van der Waals surface area contributed by atoms with Crippen molar-refractivity contribution in [3.8, 4) is 0 Å². The summed E-state index contributed by atoms with van der Waals surface area (Å²) in [6.45, 7) is 3.98. The van der Waals surface area contributed by atoms with E-state index >= 15 is 0 Å². The Hall–Kier alpha value is -1.95. The first-order valence-corrected chi connectivity index (χ1v) is 7.61. The van der Waals surface area contributed by atoms with Crippen molar-refractivity contribution in [1.82, 2.24) is 10.3 Å². The zero-order valence-electron chi connectivity index (χ0n) is 12.3. The first kappa shape index (κ1) is 15.4. The van der Waals surface area contributed by atoms with Crippen molar-refractivity contribution in [1.29, 1.82) is 0 Å². The number of carbonyl (C=O) groups is 2. The Balaban J connectivity index is 2.15. The lowest BCUT2D eigenvalue weighted by Gasteiger charge is -2.18. The zero-order chi connectivity index (χ0) is 15.4. The second-order valence-electron chi connectivity index (χ2n) is 5.21. The van der Waals surface area contributed by atoms with Gasteiger partial charge in [-0.15, -0.1) is 11.3 Å². The molecule has 2 aromatic rings. The summed E-state index contributed by atoms with van der Waals surface area (Å²) in [4.78, 5) is 28.2. The van der Waals surface area contributed by atoms with E-state index in [9.17, 15) is 9.59 Å². The third kappa shape index (κ3) is 3.78. The van der Waals surface area contributed by atoms with E-state index in [2.05, 4.69) is 10.3 Å². The average Bonchev–Trinajstić information content (AvgIpc) is 2.92. The fourth-order valence-electron chi connectivity index (χ4n) is 2.07. The topological polar surface area (TPSA) is 68.3 Å². The quantitative estimate of drug-likeness (QED) is 0.862. The number of rotatable bonds is 5. The molecule has 0 saturated heterocycles. The summed E-state index contributed by atoms with van der Waals surface area (Å²) in [5.41, 5.74) is 3.12. The van der Waals surface area contributed by atoms with E-state index in [1.54, 1.807) is 23.7 Å². The fourth-order valence-corrected chi connectivity index (χ4v) is 2.78. The van der Waals surface area contributed by atoms with Gasteiger partial charge in [0.2, 0.25) is 0 Å². The summed E-state index contributed by atoms with van der Waals surface area (Å²) in [7, 11) is 1.32. The van der Waals surface area contributed by atoms with Crippen molar-refractivity contribution in [2.45, 2.75) is 26.3 Å². The molecule has 0 radical (unpaired) electrons. The Morgan fingerprint density at radius 2 is 2.14 bits per heavy atom. The highest BCUT2D eigenvalue weighted by Gasteiger charge is 2.23. The molecule has 5 nitrogen and oxygen atoms in total. The lowest BCUT2D eigenvalue weighted by atomic mass is 10.0. The highest BCUT2D eigenvalue weighted by atomic mass is 32.1. The second-order valence-corrected chi connectivity index (χ2v) is 6.10. The van der Waals surface area contributed by atoms with E-state index in [1.165, 1.54) is 18.4 Å². The second kappa shape index (κ2) is 6.67. The number of amides is 1. The van der Waals surface area contributed by atoms with Gasteiger partial charge in [-0.25, -0.2) is 9.78 Å². The van der Waals surface area contributed by atoms with E-state index in [1.807, 2.05) is 13.8 Å². The van der Waals surface area contributed by atoms with Crippen LogP contribution in [-0.4, -0.2) is 30.0 Å². The highest BCUT2D eigenvalue weighted by Crippen LogP contribution is 2.19. The molecule has 0 fully saturated rings. The number of nitrogens with one attached hydrogen (secondary N) is 1. The third-order valence-corrected chi connectivity index (χ3v) is 3.88. The maximum absolute atomic E-state index is 12.3. The van der Waals surface area contributed by atoms with Gasteiger partial charge in [-0.3, -0.25) is 4.79 Å². The van der Waals surface area contributed by atoms with Crippen LogP contribution in [0.25, 0.3) is 10.2 Å². The Morgan fingerprint density at radius 1 is 1.38 bits per heavy atom. The smallest absolute Gasteiger partial charge is 0.328 e. The van der Waals surface area contributed by atoms with Crippen molar-refractivity contribution in [2.75, 3.05) is 7.11 Å². The molecule has 0 aliphatic carbocycles. The lowest BCUT2D eigenvalue weighted by Crippen LogP contribution is -2.42. The number of carbonyl (C=O) groups excluding carboxylic acids is 2. The third-order valence-electron chi connectivity index (χ3n) is 3.09. The minimum absolute atomic E-state index is 0.276. The molecule has 0 aliphatic heterocycles. The van der Waals surface area contributed by atoms with Gasteiger partial charge in [-0.1, -0.05) is 13.8 Å². The van der Waals surface area contributed by atoms with E-state index in [0.29, 0.717) is 12.0 Å². The molecule has 1 unspecified atom stereocenters. The number of hydrogen-bond donors (Lipinski definition) is 1. The Morgan fingerprint density at radius 3 is 2.81 bits per heavy atom. The van der Waals surface area contributed by atoms with E-state index in [0.717, 1.165) is 10.2 Å². The van der Waals surface area contributed by atoms with Gasteiger partial charge in [-0.2, -0.15) is 0 Å². The van der Waals surface area contributed by atoms with Crippen LogP contribution in [0.1, 0.15) is 30.6 Å². The van der Waals surface area contributed by atoms with Crippen molar-refractivity contribution in [3.63, 3.8) is 0 Å². The number of nitrogens with zero attached hydrogens (tertiary/aromatic N) is 1. The number of fused-ring (bicyclic) bond motifs is 1. The molecule has 6 heteroatoms. The molecular formula is C15H18N2O3S. The first-order valence-electron chi connectivity index (χ1n) is 6.73. The van der Waals surface area contributed by atoms with Crippen LogP contribution in [0, 0.1) is 5.92 Å². The summed E-state index contributed by atoms with van der Waals surface area (Å²) < 4.78 is 5.69. The van der Waals surface area contributed by atoms with Crippen LogP contribution in [0.5, 0.6) is 0 Å². The summed E-state index contributed by atoms with van der Waals surface area (Å²) in [5, 5.41) is 2.74. The van der Waals surface area contributed by atoms with Crippen molar-refractivity contribution >= 4 is 33.4 Å². The van der Waals surface area contributed by atoms with Crippen molar-refractivity contribution in [2.24, 2.45) is 5.92 Å². The SMILES string of the molecule is COC(=O)C(CC(C)C)NC(=O)c1ccc2ncsc2c1. The van der Waals surface area contributed by atoms with Crippen LogP contribution in [-0.2, 0) is 9.53 Å². The maximum atomic E-state index is 12.3. The first-order chi connectivity index (χ1) is 10.0. The van der Waals surface area contributed by atoms with Gasteiger partial charge >= 0.3 is 5.97 Å². The van der Waals surface area contributed by atoms with E-state index < -0.39 is 12.0 Å². The minimum atomic E-state index is -0.625. The van der Waals surface area contributed by atoms with Gasteiger partial charge in [0.15, 0.2) is 0 Å². The number of aromatic nitrogens is 1. The number of hydrogen-bond acceptors (Lipinski definition) is 5. The predicted octanol–water partition coefficient (Wildman–Crippen LogP) is 2.61. The summed E-state index contributed by atoms with van der Waals surface area (Å²) in [6.07, 6.45) is 0.543. The summed E-state index contributed by atoms with van der Waals surface area (Å²) >= 11 is 1.48. The summed E-state index contributed by atoms with van der Waals surface area (Å²) in [6, 6.07) is 4.67. The van der Waals surface area contributed by atoms with Gasteiger partial charge in [0.05, 0.1) is 22.8 Å². The molecule has 0 bridgehead atoms. The molecule has 1 aromatic carbocycles. The number of methoxy groups -OCH3 is 1. The molecule has 1 heterocycles. The molecule has 1 aromatic heterocycles. The highest BCUT2D eigenvalue weighted by molar-refractivity contribution is 7.16. The van der Waals surface area contributed by atoms with Crippen molar-refractivity contribution < 1.29 is 14.3 Å². The van der Waals surface area contributed by atoms with Crippen molar-refractivity contribution in [3.05, 3.63) is 29.3 Å². The van der Waals surface area contributed by atoms with Gasteiger partial charge in [0.25, 0.3) is 5.91 Å². The molecule has 0 aliphatic rings. The molecule has 2 rings (SSSR count). The minimum Gasteiger partial charge on any atom is -0.467 e. The molecule has 1 amide bonds. The molecule has 112 valence electrons.